The summed E-state index contributed by atoms with van der Waals surface area (Å²) in [6, 6.07) is 4.14. The van der Waals surface area contributed by atoms with Gasteiger partial charge in [0.25, 0.3) is 0 Å². The second-order valence-electron chi connectivity index (χ2n) is 6.22. The number of piperazine rings is 1. The Bertz CT molecular complexity index is 711. The number of anilines is 2. The van der Waals surface area contributed by atoms with Crippen molar-refractivity contribution in [3.8, 4) is 0 Å². The fourth-order valence-corrected chi connectivity index (χ4v) is 3.73. The van der Waals surface area contributed by atoms with Gasteiger partial charge in [-0.05, 0) is 25.5 Å². The van der Waals surface area contributed by atoms with E-state index >= 15 is 0 Å². The number of aromatic nitrogens is 3. The number of hydrogen-bond acceptors (Lipinski definition) is 7. The van der Waals surface area contributed by atoms with Crippen molar-refractivity contribution in [2.45, 2.75) is 26.7 Å². The maximum Gasteiger partial charge on any atom is 0.240 e. The SMILES string of the molecule is CCCc1nnc(NC(=O)CN2CCN(c3ccnc(C)c3)CC2)s1. The third kappa shape index (κ3) is 4.96. The normalized spacial score (nSPS) is 15.4. The summed E-state index contributed by atoms with van der Waals surface area (Å²) in [6.07, 6.45) is 3.78. The smallest absolute Gasteiger partial charge is 0.240 e. The Morgan fingerprint density at radius 2 is 2.08 bits per heavy atom. The molecule has 0 bridgehead atoms. The van der Waals surface area contributed by atoms with Gasteiger partial charge in [-0.3, -0.25) is 20.0 Å². The van der Waals surface area contributed by atoms with Crippen molar-refractivity contribution in [1.29, 1.82) is 0 Å². The van der Waals surface area contributed by atoms with Crippen LogP contribution in [0.15, 0.2) is 18.3 Å². The van der Waals surface area contributed by atoms with Crippen LogP contribution in [-0.2, 0) is 11.2 Å². The fraction of sp³-hybridized carbons (Fsp3) is 0.529. The standard InChI is InChI=1S/C17H24N6OS/c1-3-4-16-20-21-17(25-16)19-15(24)12-22-7-9-23(10-8-22)14-5-6-18-13(2)11-14/h5-6,11H,3-4,7-10,12H2,1-2H3,(H,19,21,24). The zero-order chi connectivity index (χ0) is 17.6. The van der Waals surface area contributed by atoms with Gasteiger partial charge in [-0.15, -0.1) is 10.2 Å². The first-order chi connectivity index (χ1) is 12.1. The van der Waals surface area contributed by atoms with Crippen LogP contribution in [0.1, 0.15) is 24.0 Å². The first kappa shape index (κ1) is 17.8. The van der Waals surface area contributed by atoms with Gasteiger partial charge in [-0.1, -0.05) is 18.3 Å². The molecule has 0 radical (unpaired) electrons. The average molecular weight is 360 g/mol. The predicted octanol–water partition coefficient (Wildman–Crippen LogP) is 1.95. The molecule has 0 atom stereocenters. The van der Waals surface area contributed by atoms with Crippen LogP contribution in [0, 0.1) is 6.92 Å². The van der Waals surface area contributed by atoms with Gasteiger partial charge in [0.05, 0.1) is 6.54 Å². The molecule has 0 spiro atoms. The molecule has 1 aliphatic heterocycles. The molecule has 3 rings (SSSR count). The molecule has 1 N–H and O–H groups in total. The molecule has 0 aliphatic carbocycles. The number of amides is 1. The van der Waals surface area contributed by atoms with E-state index in [1.165, 1.54) is 17.0 Å². The largest absolute Gasteiger partial charge is 0.369 e. The van der Waals surface area contributed by atoms with Gasteiger partial charge in [0.1, 0.15) is 5.01 Å². The summed E-state index contributed by atoms with van der Waals surface area (Å²) in [7, 11) is 0. The Hall–Kier alpha value is -2.06. The van der Waals surface area contributed by atoms with E-state index in [0.717, 1.165) is 49.7 Å². The fourth-order valence-electron chi connectivity index (χ4n) is 2.87. The van der Waals surface area contributed by atoms with Crippen LogP contribution in [0.25, 0.3) is 0 Å². The molecule has 2 aromatic heterocycles. The Morgan fingerprint density at radius 1 is 1.28 bits per heavy atom. The van der Waals surface area contributed by atoms with Crippen molar-refractivity contribution in [2.75, 3.05) is 42.9 Å². The number of nitrogens with zero attached hydrogens (tertiary/aromatic N) is 5. The first-order valence-corrected chi connectivity index (χ1v) is 9.48. The van der Waals surface area contributed by atoms with Crippen molar-refractivity contribution in [3.63, 3.8) is 0 Å². The van der Waals surface area contributed by atoms with Crippen molar-refractivity contribution in [3.05, 3.63) is 29.0 Å². The Morgan fingerprint density at radius 3 is 2.80 bits per heavy atom. The zero-order valence-electron chi connectivity index (χ0n) is 14.7. The van der Waals surface area contributed by atoms with E-state index < -0.39 is 0 Å². The van der Waals surface area contributed by atoms with Crippen molar-refractivity contribution >= 4 is 28.1 Å². The monoisotopic (exact) mass is 360 g/mol. The maximum absolute atomic E-state index is 12.2. The molecule has 1 fully saturated rings. The lowest BCUT2D eigenvalue weighted by molar-refractivity contribution is -0.117. The molecule has 1 saturated heterocycles. The van der Waals surface area contributed by atoms with Crippen LogP contribution in [0.3, 0.4) is 0 Å². The lowest BCUT2D eigenvalue weighted by Crippen LogP contribution is -2.48. The second-order valence-corrected chi connectivity index (χ2v) is 7.28. The minimum atomic E-state index is -0.0209. The molecule has 1 amide bonds. The summed E-state index contributed by atoms with van der Waals surface area (Å²) in [5, 5.41) is 12.5. The summed E-state index contributed by atoms with van der Waals surface area (Å²) in [6.45, 7) is 8.06. The Balaban J connectivity index is 1.45. The van der Waals surface area contributed by atoms with E-state index in [0.29, 0.717) is 11.7 Å². The highest BCUT2D eigenvalue weighted by molar-refractivity contribution is 7.15. The third-order valence-electron chi connectivity index (χ3n) is 4.16. The topological polar surface area (TPSA) is 74.2 Å². The lowest BCUT2D eigenvalue weighted by atomic mass is 10.2. The van der Waals surface area contributed by atoms with Gasteiger partial charge in [-0.2, -0.15) is 0 Å². The number of rotatable bonds is 6. The number of pyridine rings is 1. The first-order valence-electron chi connectivity index (χ1n) is 8.66. The number of carbonyl (C=O) groups excluding carboxylic acids is 1. The third-order valence-corrected chi connectivity index (χ3v) is 5.06. The Kier molecular flexibility index (Phi) is 5.93. The summed E-state index contributed by atoms with van der Waals surface area (Å²) in [4.78, 5) is 21.0. The molecule has 0 unspecified atom stereocenters. The van der Waals surface area contributed by atoms with E-state index in [1.807, 2.05) is 19.2 Å². The number of hydrogen-bond donors (Lipinski definition) is 1. The van der Waals surface area contributed by atoms with Crippen molar-refractivity contribution in [2.24, 2.45) is 0 Å². The van der Waals surface area contributed by atoms with E-state index in [9.17, 15) is 4.79 Å². The highest BCUT2D eigenvalue weighted by atomic mass is 32.1. The van der Waals surface area contributed by atoms with Crippen LogP contribution >= 0.6 is 11.3 Å². The quantitative estimate of drug-likeness (QED) is 0.849. The number of carbonyl (C=O) groups is 1. The number of nitrogens with one attached hydrogen (secondary N) is 1. The molecule has 25 heavy (non-hydrogen) atoms. The minimum Gasteiger partial charge on any atom is -0.369 e. The van der Waals surface area contributed by atoms with E-state index in [1.54, 1.807) is 0 Å². The second kappa shape index (κ2) is 8.35. The van der Waals surface area contributed by atoms with Crippen molar-refractivity contribution < 1.29 is 4.79 Å². The molecule has 8 heteroatoms. The molecule has 3 heterocycles. The zero-order valence-corrected chi connectivity index (χ0v) is 15.6. The summed E-state index contributed by atoms with van der Waals surface area (Å²) >= 11 is 1.46. The van der Waals surface area contributed by atoms with E-state index in [4.69, 9.17) is 0 Å². The molecular formula is C17H24N6OS. The Labute approximate surface area is 152 Å². The molecule has 7 nitrogen and oxygen atoms in total. The van der Waals surface area contributed by atoms with Crippen LogP contribution < -0.4 is 10.2 Å². The maximum atomic E-state index is 12.2. The van der Waals surface area contributed by atoms with Gasteiger partial charge < -0.3 is 4.90 Å². The highest BCUT2D eigenvalue weighted by Crippen LogP contribution is 2.18. The van der Waals surface area contributed by atoms with Crippen molar-refractivity contribution in [1.82, 2.24) is 20.1 Å². The summed E-state index contributed by atoms with van der Waals surface area (Å²) in [5.74, 6) is -0.0209. The van der Waals surface area contributed by atoms with Gasteiger partial charge in [0.15, 0.2) is 0 Å². The van der Waals surface area contributed by atoms with Crippen LogP contribution in [0.4, 0.5) is 10.8 Å². The van der Waals surface area contributed by atoms with Crippen LogP contribution in [0.5, 0.6) is 0 Å². The molecule has 2 aromatic rings. The molecular weight excluding hydrogens is 336 g/mol. The van der Waals surface area contributed by atoms with Crippen LogP contribution in [-0.4, -0.2) is 58.7 Å². The lowest BCUT2D eigenvalue weighted by Gasteiger charge is -2.35. The van der Waals surface area contributed by atoms with Gasteiger partial charge in [0.2, 0.25) is 11.0 Å². The molecule has 134 valence electrons. The predicted molar refractivity (Wildman–Crippen MR) is 100 cm³/mol. The van der Waals surface area contributed by atoms with E-state index in [-0.39, 0.29) is 5.91 Å². The summed E-state index contributed by atoms with van der Waals surface area (Å²) < 4.78 is 0. The highest BCUT2D eigenvalue weighted by Gasteiger charge is 2.20. The summed E-state index contributed by atoms with van der Waals surface area (Å²) in [5.41, 5.74) is 2.23. The van der Waals surface area contributed by atoms with E-state index in [2.05, 4.69) is 43.3 Å². The average Bonchev–Trinajstić information content (AvgIpc) is 3.03. The molecule has 1 aliphatic rings. The van der Waals surface area contributed by atoms with Gasteiger partial charge >= 0.3 is 0 Å². The minimum absolute atomic E-state index is 0.0209. The van der Waals surface area contributed by atoms with Gasteiger partial charge in [0, 0.05) is 50.2 Å². The van der Waals surface area contributed by atoms with Crippen LogP contribution in [0.2, 0.25) is 0 Å². The number of aryl methyl sites for hydroxylation is 2. The van der Waals surface area contributed by atoms with Gasteiger partial charge in [-0.25, -0.2) is 0 Å². The molecule has 0 saturated carbocycles. The molecule has 0 aromatic carbocycles.